The van der Waals surface area contributed by atoms with E-state index in [2.05, 4.69) is 0 Å². The van der Waals surface area contributed by atoms with E-state index < -0.39 is 21.9 Å². The normalized spacial score (nSPS) is 14.0. The number of hydrogen-bond donors (Lipinski definition) is 0. The molecule has 0 aliphatic heterocycles. The quantitative estimate of drug-likeness (QED) is 0.823. The van der Waals surface area contributed by atoms with Crippen LogP contribution in [0.4, 0.5) is 4.39 Å². The molecular weight excluding hydrogens is 253 g/mol. The SMILES string of the molecule is CCN(CC)C(=O)C(C)S(=O)c1ccccc1F. The van der Waals surface area contributed by atoms with Crippen LogP contribution in [0.25, 0.3) is 0 Å². The Kier molecular flexibility index (Phi) is 5.47. The lowest BCUT2D eigenvalue weighted by atomic mass is 10.3. The zero-order chi connectivity index (χ0) is 13.7. The first-order valence-corrected chi connectivity index (χ1v) is 7.18. The molecule has 0 aromatic heterocycles. The minimum Gasteiger partial charge on any atom is -0.342 e. The van der Waals surface area contributed by atoms with Gasteiger partial charge < -0.3 is 4.90 Å². The number of hydrogen-bond acceptors (Lipinski definition) is 2. The predicted molar refractivity (Wildman–Crippen MR) is 70.2 cm³/mol. The molecule has 0 saturated heterocycles. The standard InChI is InChI=1S/C13H18FNO2S/c1-4-15(5-2)13(16)10(3)18(17)12-9-7-6-8-11(12)14/h6-10H,4-5H2,1-3H3. The molecule has 3 nitrogen and oxygen atoms in total. The molecule has 0 aliphatic rings. The molecule has 100 valence electrons. The smallest absolute Gasteiger partial charge is 0.238 e. The van der Waals surface area contributed by atoms with Crippen molar-refractivity contribution in [2.45, 2.75) is 30.9 Å². The summed E-state index contributed by atoms with van der Waals surface area (Å²) in [6, 6.07) is 5.86. The van der Waals surface area contributed by atoms with Gasteiger partial charge >= 0.3 is 0 Å². The van der Waals surface area contributed by atoms with E-state index in [0.717, 1.165) is 0 Å². The third-order valence-corrected chi connectivity index (χ3v) is 4.41. The maximum absolute atomic E-state index is 13.5. The Bertz CT molecular complexity index is 446. The number of rotatable bonds is 5. The van der Waals surface area contributed by atoms with Crippen LogP contribution >= 0.6 is 0 Å². The van der Waals surface area contributed by atoms with Crippen LogP contribution in [0.3, 0.4) is 0 Å². The van der Waals surface area contributed by atoms with Crippen molar-refractivity contribution in [2.24, 2.45) is 0 Å². The summed E-state index contributed by atoms with van der Waals surface area (Å²) >= 11 is 0. The van der Waals surface area contributed by atoms with Gasteiger partial charge in [0.05, 0.1) is 15.7 Å². The van der Waals surface area contributed by atoms with Crippen LogP contribution in [0.2, 0.25) is 0 Å². The highest BCUT2D eigenvalue weighted by Gasteiger charge is 2.26. The topological polar surface area (TPSA) is 37.4 Å². The molecule has 18 heavy (non-hydrogen) atoms. The largest absolute Gasteiger partial charge is 0.342 e. The Balaban J connectivity index is 2.91. The summed E-state index contributed by atoms with van der Waals surface area (Å²) in [5, 5.41) is -0.734. The van der Waals surface area contributed by atoms with E-state index in [9.17, 15) is 13.4 Å². The van der Waals surface area contributed by atoms with Crippen molar-refractivity contribution in [3.05, 3.63) is 30.1 Å². The second kappa shape index (κ2) is 6.64. The van der Waals surface area contributed by atoms with E-state index in [1.165, 1.54) is 18.2 Å². The number of amides is 1. The highest BCUT2D eigenvalue weighted by molar-refractivity contribution is 7.86. The van der Waals surface area contributed by atoms with Gasteiger partial charge in [-0.3, -0.25) is 9.00 Å². The van der Waals surface area contributed by atoms with Gasteiger partial charge in [0.15, 0.2) is 0 Å². The van der Waals surface area contributed by atoms with E-state index in [0.29, 0.717) is 13.1 Å². The lowest BCUT2D eigenvalue weighted by molar-refractivity contribution is -0.129. The number of carbonyl (C=O) groups is 1. The van der Waals surface area contributed by atoms with Crippen LogP contribution < -0.4 is 0 Å². The van der Waals surface area contributed by atoms with E-state index in [1.54, 1.807) is 17.9 Å². The first kappa shape index (κ1) is 14.8. The van der Waals surface area contributed by atoms with Gasteiger partial charge in [0.2, 0.25) is 5.91 Å². The van der Waals surface area contributed by atoms with Crippen LogP contribution in [-0.4, -0.2) is 33.4 Å². The molecular formula is C13H18FNO2S. The molecule has 5 heteroatoms. The Morgan fingerprint density at radius 1 is 1.33 bits per heavy atom. The Labute approximate surface area is 109 Å². The molecule has 0 bridgehead atoms. The fourth-order valence-electron chi connectivity index (χ4n) is 1.68. The lowest BCUT2D eigenvalue weighted by Crippen LogP contribution is -2.39. The molecule has 0 spiro atoms. The number of nitrogens with zero attached hydrogens (tertiary/aromatic N) is 1. The lowest BCUT2D eigenvalue weighted by Gasteiger charge is -2.22. The number of benzene rings is 1. The number of carbonyl (C=O) groups excluding carboxylic acids is 1. The Morgan fingerprint density at radius 2 is 1.89 bits per heavy atom. The van der Waals surface area contributed by atoms with Gasteiger partial charge in [-0.15, -0.1) is 0 Å². The minimum atomic E-state index is -1.66. The first-order valence-electron chi connectivity index (χ1n) is 5.96. The third-order valence-electron chi connectivity index (χ3n) is 2.80. The van der Waals surface area contributed by atoms with Gasteiger partial charge in [-0.1, -0.05) is 12.1 Å². The summed E-state index contributed by atoms with van der Waals surface area (Å²) in [5.41, 5.74) is 0. The monoisotopic (exact) mass is 271 g/mol. The average Bonchev–Trinajstić information content (AvgIpc) is 2.39. The van der Waals surface area contributed by atoms with Crippen molar-refractivity contribution >= 4 is 16.7 Å². The zero-order valence-electron chi connectivity index (χ0n) is 10.9. The Hall–Kier alpha value is -1.23. The molecule has 1 aromatic carbocycles. The first-order chi connectivity index (χ1) is 8.52. The maximum Gasteiger partial charge on any atom is 0.238 e. The van der Waals surface area contributed by atoms with Crippen molar-refractivity contribution in [2.75, 3.05) is 13.1 Å². The fraction of sp³-hybridized carbons (Fsp3) is 0.462. The van der Waals surface area contributed by atoms with Gasteiger partial charge in [0, 0.05) is 13.1 Å². The average molecular weight is 271 g/mol. The van der Waals surface area contributed by atoms with Crippen LogP contribution in [0.15, 0.2) is 29.2 Å². The maximum atomic E-state index is 13.5. The molecule has 0 fully saturated rings. The highest BCUT2D eigenvalue weighted by Crippen LogP contribution is 2.16. The van der Waals surface area contributed by atoms with Crippen LogP contribution in [0, 0.1) is 5.82 Å². The summed E-state index contributed by atoms with van der Waals surface area (Å²) in [7, 11) is -1.66. The van der Waals surface area contributed by atoms with Crippen molar-refractivity contribution in [1.82, 2.24) is 4.90 Å². The van der Waals surface area contributed by atoms with Crippen molar-refractivity contribution in [3.63, 3.8) is 0 Å². The summed E-state index contributed by atoms with van der Waals surface area (Å²) < 4.78 is 25.7. The molecule has 1 rings (SSSR count). The second-order valence-corrected chi connectivity index (χ2v) is 5.62. The molecule has 1 amide bonds. The van der Waals surface area contributed by atoms with Crippen LogP contribution in [-0.2, 0) is 15.6 Å². The molecule has 2 unspecified atom stereocenters. The zero-order valence-corrected chi connectivity index (χ0v) is 11.7. The highest BCUT2D eigenvalue weighted by atomic mass is 32.2. The Morgan fingerprint density at radius 3 is 2.39 bits per heavy atom. The summed E-state index contributed by atoms with van der Waals surface area (Å²) in [5.74, 6) is -0.739. The summed E-state index contributed by atoms with van der Waals surface area (Å²) in [6.07, 6.45) is 0. The van der Waals surface area contributed by atoms with E-state index in [4.69, 9.17) is 0 Å². The molecule has 0 aliphatic carbocycles. The molecule has 1 aromatic rings. The fourth-order valence-corrected chi connectivity index (χ4v) is 2.87. The van der Waals surface area contributed by atoms with Crippen molar-refractivity contribution in [1.29, 1.82) is 0 Å². The molecule has 0 radical (unpaired) electrons. The predicted octanol–water partition coefficient (Wildman–Crippen LogP) is 2.19. The van der Waals surface area contributed by atoms with Crippen molar-refractivity contribution < 1.29 is 13.4 Å². The molecule has 2 atom stereocenters. The van der Waals surface area contributed by atoms with E-state index >= 15 is 0 Å². The second-order valence-electron chi connectivity index (χ2n) is 3.88. The van der Waals surface area contributed by atoms with Crippen LogP contribution in [0.5, 0.6) is 0 Å². The molecule has 0 heterocycles. The van der Waals surface area contributed by atoms with Crippen LogP contribution in [0.1, 0.15) is 20.8 Å². The summed E-state index contributed by atoms with van der Waals surface area (Å²) in [4.78, 5) is 13.7. The molecule has 0 saturated carbocycles. The third kappa shape index (κ3) is 3.16. The van der Waals surface area contributed by atoms with Crippen molar-refractivity contribution in [3.8, 4) is 0 Å². The summed E-state index contributed by atoms with van der Waals surface area (Å²) in [6.45, 7) is 6.42. The van der Waals surface area contributed by atoms with E-state index in [-0.39, 0.29) is 10.8 Å². The van der Waals surface area contributed by atoms with Gasteiger partial charge in [-0.25, -0.2) is 4.39 Å². The number of halogens is 1. The minimum absolute atomic E-state index is 0.0884. The van der Waals surface area contributed by atoms with Gasteiger partial charge in [0.1, 0.15) is 11.1 Å². The van der Waals surface area contributed by atoms with Gasteiger partial charge in [-0.05, 0) is 32.9 Å². The van der Waals surface area contributed by atoms with Gasteiger partial charge in [-0.2, -0.15) is 0 Å². The van der Waals surface area contributed by atoms with E-state index in [1.807, 2.05) is 13.8 Å². The molecule has 0 N–H and O–H groups in total. The van der Waals surface area contributed by atoms with Gasteiger partial charge in [0.25, 0.3) is 0 Å².